The molecule has 0 unspecified atom stereocenters. The quantitative estimate of drug-likeness (QED) is 0.390. The van der Waals surface area contributed by atoms with Crippen LogP contribution in [0.1, 0.15) is 35.7 Å². The Kier molecular flexibility index (Phi) is 7.21. The van der Waals surface area contributed by atoms with Gasteiger partial charge in [0.15, 0.2) is 0 Å². The van der Waals surface area contributed by atoms with Crippen LogP contribution in [0.3, 0.4) is 0 Å². The predicted molar refractivity (Wildman–Crippen MR) is 112 cm³/mol. The minimum Gasteiger partial charge on any atom is -0.434 e. The van der Waals surface area contributed by atoms with Crippen LogP contribution < -0.4 is 15.4 Å². The largest absolute Gasteiger partial charge is 0.513 e. The lowest BCUT2D eigenvalue weighted by atomic mass is 10.1. The number of carbonyl (C=O) groups is 3. The van der Waals surface area contributed by atoms with Gasteiger partial charge in [-0.1, -0.05) is 18.2 Å². The highest BCUT2D eigenvalue weighted by atomic mass is 16.7. The second-order valence-corrected chi connectivity index (χ2v) is 6.87. The zero-order valence-electron chi connectivity index (χ0n) is 16.7. The highest BCUT2D eigenvalue weighted by molar-refractivity contribution is 5.99. The number of nitrogens with one attached hydrogen (secondary N) is 2. The van der Waals surface area contributed by atoms with E-state index in [4.69, 9.17) is 9.47 Å². The van der Waals surface area contributed by atoms with Gasteiger partial charge in [-0.25, -0.2) is 4.79 Å². The van der Waals surface area contributed by atoms with Gasteiger partial charge in [-0.2, -0.15) is 0 Å². The van der Waals surface area contributed by atoms with Gasteiger partial charge in [0.05, 0.1) is 6.61 Å². The average Bonchev–Trinajstić information content (AvgIpc) is 3.57. The predicted octanol–water partition coefficient (Wildman–Crippen LogP) is 4.06. The SMILES string of the molecule is CCOC(=O)Oc1ccc(C(=O)NCc2ccc(NC(=O)/C=C/C3CC3)cc2)cc1. The lowest BCUT2D eigenvalue weighted by Crippen LogP contribution is -2.22. The van der Waals surface area contributed by atoms with Gasteiger partial charge in [0.2, 0.25) is 5.91 Å². The van der Waals surface area contributed by atoms with E-state index >= 15 is 0 Å². The van der Waals surface area contributed by atoms with Crippen LogP contribution in [0, 0.1) is 5.92 Å². The van der Waals surface area contributed by atoms with Crippen LogP contribution in [0.4, 0.5) is 10.5 Å². The fraction of sp³-hybridized carbons (Fsp3) is 0.261. The number of allylic oxidation sites excluding steroid dienone is 1. The molecule has 0 aliphatic heterocycles. The molecule has 0 saturated heterocycles. The summed E-state index contributed by atoms with van der Waals surface area (Å²) in [4.78, 5) is 35.4. The van der Waals surface area contributed by atoms with Gasteiger partial charge < -0.3 is 20.1 Å². The molecule has 0 heterocycles. The maximum atomic E-state index is 12.3. The summed E-state index contributed by atoms with van der Waals surface area (Å²) in [6, 6.07) is 13.5. The zero-order chi connectivity index (χ0) is 21.3. The van der Waals surface area contributed by atoms with E-state index < -0.39 is 6.16 Å². The van der Waals surface area contributed by atoms with Crippen molar-refractivity contribution in [1.82, 2.24) is 5.32 Å². The second-order valence-electron chi connectivity index (χ2n) is 6.87. The standard InChI is InChI=1S/C23H24N2O5/c1-2-29-23(28)30-20-12-8-18(9-13-20)22(27)24-15-17-5-10-19(11-6-17)25-21(26)14-7-16-3-4-16/h5-14,16H,2-4,15H2,1H3,(H,24,27)(H,25,26)/b14-7+. The van der Waals surface area contributed by atoms with Gasteiger partial charge in [-0.3, -0.25) is 9.59 Å². The lowest BCUT2D eigenvalue weighted by molar-refractivity contribution is -0.111. The zero-order valence-corrected chi connectivity index (χ0v) is 16.7. The van der Waals surface area contributed by atoms with Crippen LogP contribution in [0.15, 0.2) is 60.7 Å². The molecule has 0 atom stereocenters. The number of hydrogen-bond donors (Lipinski definition) is 2. The monoisotopic (exact) mass is 408 g/mol. The van der Waals surface area contributed by atoms with Crippen molar-refractivity contribution >= 4 is 23.7 Å². The topological polar surface area (TPSA) is 93.7 Å². The van der Waals surface area contributed by atoms with Crippen LogP contribution in [-0.2, 0) is 16.1 Å². The maximum absolute atomic E-state index is 12.3. The van der Waals surface area contributed by atoms with Gasteiger partial charge in [0.1, 0.15) is 5.75 Å². The number of benzene rings is 2. The number of hydrogen-bond acceptors (Lipinski definition) is 5. The Hall–Kier alpha value is -3.61. The third-order valence-electron chi connectivity index (χ3n) is 4.40. The van der Waals surface area contributed by atoms with Crippen molar-refractivity contribution in [3.05, 3.63) is 71.8 Å². The molecule has 1 aliphatic carbocycles. The van der Waals surface area contributed by atoms with Gasteiger partial charge in [-0.05, 0) is 73.7 Å². The Bertz CT molecular complexity index is 916. The first kappa shape index (κ1) is 21.1. The minimum atomic E-state index is -0.784. The van der Waals surface area contributed by atoms with Gasteiger partial charge in [0, 0.05) is 17.8 Å². The highest BCUT2D eigenvalue weighted by Gasteiger charge is 2.17. The fourth-order valence-electron chi connectivity index (χ4n) is 2.60. The van der Waals surface area contributed by atoms with Crippen molar-refractivity contribution in [3.63, 3.8) is 0 Å². The molecule has 0 bridgehead atoms. The normalized spacial score (nSPS) is 13.0. The van der Waals surface area contributed by atoms with Crippen molar-refractivity contribution < 1.29 is 23.9 Å². The maximum Gasteiger partial charge on any atom is 0.513 e. The summed E-state index contributed by atoms with van der Waals surface area (Å²) >= 11 is 0. The van der Waals surface area contributed by atoms with Gasteiger partial charge in [0.25, 0.3) is 5.91 Å². The van der Waals surface area contributed by atoms with Crippen LogP contribution in [0.5, 0.6) is 5.75 Å². The smallest absolute Gasteiger partial charge is 0.434 e. The van der Waals surface area contributed by atoms with Crippen molar-refractivity contribution in [2.45, 2.75) is 26.3 Å². The average molecular weight is 408 g/mol. The van der Waals surface area contributed by atoms with E-state index in [1.165, 1.54) is 12.1 Å². The van der Waals surface area contributed by atoms with Gasteiger partial charge >= 0.3 is 6.16 Å². The molecule has 3 rings (SSSR count). The summed E-state index contributed by atoms with van der Waals surface area (Å²) in [6.45, 7) is 2.26. The van der Waals surface area contributed by atoms with E-state index in [1.54, 1.807) is 37.3 Å². The molecule has 2 N–H and O–H groups in total. The molecule has 0 aromatic heterocycles. The third-order valence-corrected chi connectivity index (χ3v) is 4.40. The lowest BCUT2D eigenvalue weighted by Gasteiger charge is -2.08. The molecule has 156 valence electrons. The first-order valence-corrected chi connectivity index (χ1v) is 9.84. The van der Waals surface area contributed by atoms with E-state index in [9.17, 15) is 14.4 Å². The Morgan fingerprint density at radius 2 is 1.73 bits per heavy atom. The summed E-state index contributed by atoms with van der Waals surface area (Å²) in [7, 11) is 0. The minimum absolute atomic E-state index is 0.140. The first-order valence-electron chi connectivity index (χ1n) is 9.84. The van der Waals surface area contributed by atoms with Crippen molar-refractivity contribution in [2.75, 3.05) is 11.9 Å². The van der Waals surface area contributed by atoms with E-state index in [0.29, 0.717) is 29.5 Å². The number of carbonyl (C=O) groups excluding carboxylic acids is 3. The summed E-state index contributed by atoms with van der Waals surface area (Å²) < 4.78 is 9.66. The molecular weight excluding hydrogens is 384 g/mol. The van der Waals surface area contributed by atoms with Crippen LogP contribution in [0.2, 0.25) is 0 Å². The molecule has 1 fully saturated rings. The van der Waals surface area contributed by atoms with Crippen molar-refractivity contribution in [1.29, 1.82) is 0 Å². The molecule has 1 aliphatic rings. The molecule has 1 saturated carbocycles. The number of anilines is 1. The van der Waals surface area contributed by atoms with Crippen LogP contribution in [0.25, 0.3) is 0 Å². The van der Waals surface area contributed by atoms with E-state index in [0.717, 1.165) is 18.4 Å². The summed E-state index contributed by atoms with van der Waals surface area (Å²) in [5.41, 5.74) is 2.04. The number of ether oxygens (including phenoxy) is 2. The van der Waals surface area contributed by atoms with Crippen LogP contribution in [-0.4, -0.2) is 24.6 Å². The number of rotatable bonds is 8. The van der Waals surface area contributed by atoms with E-state index in [-0.39, 0.29) is 18.4 Å². The summed E-state index contributed by atoms with van der Waals surface area (Å²) in [5.74, 6) is 0.469. The summed E-state index contributed by atoms with van der Waals surface area (Å²) in [6.07, 6.45) is 5.06. The highest BCUT2D eigenvalue weighted by Crippen LogP contribution is 2.29. The fourth-order valence-corrected chi connectivity index (χ4v) is 2.60. The molecule has 7 nitrogen and oxygen atoms in total. The van der Waals surface area contributed by atoms with Gasteiger partial charge in [-0.15, -0.1) is 0 Å². The second kappa shape index (κ2) is 10.2. The molecule has 2 aromatic rings. The molecule has 0 spiro atoms. The Labute approximate surface area is 175 Å². The molecular formula is C23H24N2O5. The van der Waals surface area contributed by atoms with Crippen molar-refractivity contribution in [2.24, 2.45) is 5.92 Å². The molecule has 2 amide bonds. The van der Waals surface area contributed by atoms with Crippen molar-refractivity contribution in [3.8, 4) is 5.75 Å². The molecule has 7 heteroatoms. The number of amides is 2. The van der Waals surface area contributed by atoms with E-state index in [1.807, 2.05) is 18.2 Å². The molecule has 0 radical (unpaired) electrons. The Morgan fingerprint density at radius 1 is 1.03 bits per heavy atom. The molecule has 2 aromatic carbocycles. The van der Waals surface area contributed by atoms with E-state index in [2.05, 4.69) is 10.6 Å². The van der Waals surface area contributed by atoms with Crippen LogP contribution >= 0.6 is 0 Å². The Morgan fingerprint density at radius 3 is 2.37 bits per heavy atom. The third kappa shape index (κ3) is 6.77. The first-order chi connectivity index (χ1) is 14.5. The summed E-state index contributed by atoms with van der Waals surface area (Å²) in [5, 5.41) is 5.64. The Balaban J connectivity index is 1.45. The molecule has 30 heavy (non-hydrogen) atoms.